The molecule has 0 radical (unpaired) electrons. The molecule has 29 heavy (non-hydrogen) atoms. The lowest BCUT2D eigenvalue weighted by Crippen LogP contribution is -2.32. The summed E-state index contributed by atoms with van der Waals surface area (Å²) in [6.07, 6.45) is 5.50. The van der Waals surface area contributed by atoms with Crippen LogP contribution in [0, 0.1) is 5.92 Å². The molecule has 8 heteroatoms. The Morgan fingerprint density at radius 2 is 1.83 bits per heavy atom. The van der Waals surface area contributed by atoms with Gasteiger partial charge in [-0.3, -0.25) is 19.0 Å². The molecule has 0 spiro atoms. The van der Waals surface area contributed by atoms with Crippen LogP contribution in [0.4, 0.5) is 0 Å². The Morgan fingerprint density at radius 1 is 1.07 bits per heavy atom. The molecule has 0 saturated carbocycles. The molecule has 1 aromatic carbocycles. The van der Waals surface area contributed by atoms with Crippen LogP contribution in [0.15, 0.2) is 43.0 Å². The lowest BCUT2D eigenvalue weighted by molar-refractivity contribution is 0.0788. The van der Waals surface area contributed by atoms with Crippen LogP contribution in [0.1, 0.15) is 27.1 Å². The topological polar surface area (TPSA) is 67.6 Å². The van der Waals surface area contributed by atoms with E-state index in [0.717, 1.165) is 21.8 Å². The molecule has 0 bridgehead atoms. The fourth-order valence-corrected chi connectivity index (χ4v) is 4.11. The van der Waals surface area contributed by atoms with Gasteiger partial charge in [-0.15, -0.1) is 24.8 Å². The zero-order valence-electron chi connectivity index (χ0n) is 16.0. The van der Waals surface area contributed by atoms with E-state index < -0.39 is 5.92 Å². The van der Waals surface area contributed by atoms with E-state index in [1.807, 2.05) is 47.7 Å². The van der Waals surface area contributed by atoms with E-state index in [-0.39, 0.29) is 36.4 Å². The van der Waals surface area contributed by atoms with Crippen LogP contribution in [0.2, 0.25) is 0 Å². The first-order valence-electron chi connectivity index (χ1n) is 8.96. The Labute approximate surface area is 179 Å². The number of carbonyl (C=O) groups excluding carboxylic acids is 2. The molecule has 1 aliphatic carbocycles. The highest BCUT2D eigenvalue weighted by Gasteiger charge is 2.38. The molecule has 0 aliphatic heterocycles. The van der Waals surface area contributed by atoms with E-state index in [1.165, 1.54) is 0 Å². The average molecular weight is 431 g/mol. The molecule has 0 fully saturated rings. The van der Waals surface area contributed by atoms with Crippen LogP contribution < -0.4 is 0 Å². The number of halogens is 2. The summed E-state index contributed by atoms with van der Waals surface area (Å²) < 4.78 is 1.83. The zero-order chi connectivity index (χ0) is 18.7. The van der Waals surface area contributed by atoms with Crippen molar-refractivity contribution in [2.24, 2.45) is 5.92 Å². The standard InChI is InChI=1S/C21H18N4O2.2ClH/c1-24(2)8-7-13-20(26)14-9-22-11-25-16-10-23-15-6-4-3-5-12(15)17(16)18(19(14)25)21(13)27;;/h3-6,9-11,13H,7-8H2,1-2H3;2*1H. The van der Waals surface area contributed by atoms with Crippen molar-refractivity contribution >= 4 is 63.7 Å². The fraction of sp³-hybridized carbons (Fsp3) is 0.238. The lowest BCUT2D eigenvalue weighted by atomic mass is 9.81. The van der Waals surface area contributed by atoms with Gasteiger partial charge in [0.25, 0.3) is 0 Å². The van der Waals surface area contributed by atoms with E-state index in [4.69, 9.17) is 0 Å². The van der Waals surface area contributed by atoms with Crippen molar-refractivity contribution in [2.75, 3.05) is 20.6 Å². The maximum absolute atomic E-state index is 13.5. The molecule has 4 aromatic rings. The maximum Gasteiger partial charge on any atom is 0.177 e. The molecule has 5 rings (SSSR count). The van der Waals surface area contributed by atoms with Crippen LogP contribution >= 0.6 is 24.8 Å². The van der Waals surface area contributed by atoms with E-state index >= 15 is 0 Å². The summed E-state index contributed by atoms with van der Waals surface area (Å²) in [6, 6.07) is 7.79. The molecular weight excluding hydrogens is 411 g/mol. The predicted molar refractivity (Wildman–Crippen MR) is 118 cm³/mol. The van der Waals surface area contributed by atoms with Gasteiger partial charge in [-0.05, 0) is 33.1 Å². The van der Waals surface area contributed by atoms with Gasteiger partial charge in [-0.1, -0.05) is 18.2 Å². The smallest absolute Gasteiger partial charge is 0.177 e. The number of benzene rings is 1. The third-order valence-electron chi connectivity index (χ3n) is 5.39. The summed E-state index contributed by atoms with van der Waals surface area (Å²) in [4.78, 5) is 37.3. The van der Waals surface area contributed by atoms with Crippen LogP contribution in [0.25, 0.3) is 27.3 Å². The maximum atomic E-state index is 13.5. The van der Waals surface area contributed by atoms with Crippen LogP contribution in [0.3, 0.4) is 0 Å². The molecule has 150 valence electrons. The highest BCUT2D eigenvalue weighted by Crippen LogP contribution is 2.39. The highest BCUT2D eigenvalue weighted by molar-refractivity contribution is 6.33. The molecule has 1 aliphatic rings. The van der Waals surface area contributed by atoms with Gasteiger partial charge in [0.2, 0.25) is 0 Å². The summed E-state index contributed by atoms with van der Waals surface area (Å²) in [7, 11) is 3.89. The number of carbonyl (C=O) groups is 2. The minimum atomic E-state index is -0.662. The highest BCUT2D eigenvalue weighted by atomic mass is 35.5. The fourth-order valence-electron chi connectivity index (χ4n) is 4.11. The Bertz CT molecular complexity index is 1270. The number of para-hydroxylation sites is 1. The van der Waals surface area contributed by atoms with E-state index in [2.05, 4.69) is 9.97 Å². The van der Waals surface area contributed by atoms with E-state index in [1.54, 1.807) is 18.7 Å². The van der Waals surface area contributed by atoms with Crippen molar-refractivity contribution in [3.63, 3.8) is 0 Å². The first kappa shape index (κ1) is 21.2. The molecule has 1 atom stereocenters. The summed E-state index contributed by atoms with van der Waals surface area (Å²) in [5.74, 6) is -0.887. The van der Waals surface area contributed by atoms with Gasteiger partial charge >= 0.3 is 0 Å². The Balaban J connectivity index is 0.00000120. The number of pyridine rings is 1. The van der Waals surface area contributed by atoms with Gasteiger partial charge < -0.3 is 4.90 Å². The summed E-state index contributed by atoms with van der Waals surface area (Å²) in [6.45, 7) is 0.676. The number of fused-ring (bicyclic) bond motifs is 5. The number of nitrogens with zero attached hydrogens (tertiary/aromatic N) is 4. The molecule has 3 aromatic heterocycles. The van der Waals surface area contributed by atoms with E-state index in [9.17, 15) is 9.59 Å². The number of ketones is 2. The molecular formula is C21H20Cl2N4O2. The Morgan fingerprint density at radius 3 is 2.59 bits per heavy atom. The summed E-state index contributed by atoms with van der Waals surface area (Å²) >= 11 is 0. The Hall–Kier alpha value is -2.54. The first-order chi connectivity index (χ1) is 13.1. The monoisotopic (exact) mass is 430 g/mol. The van der Waals surface area contributed by atoms with Crippen LogP contribution in [-0.4, -0.2) is 51.5 Å². The minimum absolute atomic E-state index is 0. The number of hydrogen-bond acceptors (Lipinski definition) is 5. The molecule has 3 heterocycles. The van der Waals surface area contributed by atoms with Gasteiger partial charge in [0.1, 0.15) is 0 Å². The van der Waals surface area contributed by atoms with Gasteiger partial charge in [-0.25, -0.2) is 4.98 Å². The average Bonchev–Trinajstić information content (AvgIpc) is 3.02. The normalized spacial score (nSPS) is 15.8. The van der Waals surface area contributed by atoms with Crippen molar-refractivity contribution in [3.05, 3.63) is 54.1 Å². The molecule has 0 N–H and O–H groups in total. The summed E-state index contributed by atoms with van der Waals surface area (Å²) in [5, 5.41) is 1.79. The zero-order valence-corrected chi connectivity index (χ0v) is 17.6. The van der Waals surface area contributed by atoms with Crippen LogP contribution in [-0.2, 0) is 0 Å². The predicted octanol–water partition coefficient (Wildman–Crippen LogP) is 3.83. The molecule has 0 amide bonds. The Kier molecular flexibility index (Phi) is 5.63. The van der Waals surface area contributed by atoms with Gasteiger partial charge in [0.15, 0.2) is 11.6 Å². The number of rotatable bonds is 3. The van der Waals surface area contributed by atoms with Crippen molar-refractivity contribution in [2.45, 2.75) is 6.42 Å². The SMILES string of the molecule is CN(C)CCC1C(=O)c2cncn3c2c(c2c4ccccc4ncc23)C1=O.Cl.Cl. The second kappa shape index (κ2) is 7.71. The number of Topliss-reactive ketones (excluding diaryl/α,β-unsaturated/α-hetero) is 2. The first-order valence-corrected chi connectivity index (χ1v) is 8.96. The van der Waals surface area contributed by atoms with Crippen LogP contribution in [0.5, 0.6) is 0 Å². The quantitative estimate of drug-likeness (QED) is 0.462. The van der Waals surface area contributed by atoms with Crippen molar-refractivity contribution in [1.29, 1.82) is 0 Å². The molecule has 6 nitrogen and oxygen atoms in total. The number of hydrogen-bond donors (Lipinski definition) is 0. The van der Waals surface area contributed by atoms with E-state index in [0.29, 0.717) is 29.6 Å². The van der Waals surface area contributed by atoms with Crippen molar-refractivity contribution in [1.82, 2.24) is 19.3 Å². The number of aromatic nitrogens is 3. The second-order valence-electron chi connectivity index (χ2n) is 7.31. The van der Waals surface area contributed by atoms with Gasteiger partial charge in [0.05, 0.1) is 46.1 Å². The lowest BCUT2D eigenvalue weighted by Gasteiger charge is -2.21. The molecule has 0 saturated heterocycles. The largest absolute Gasteiger partial charge is 0.309 e. The minimum Gasteiger partial charge on any atom is -0.309 e. The molecule has 1 unspecified atom stereocenters. The summed E-state index contributed by atoms with van der Waals surface area (Å²) in [5.41, 5.74) is 3.46. The third-order valence-corrected chi connectivity index (χ3v) is 5.39. The van der Waals surface area contributed by atoms with Crippen molar-refractivity contribution in [3.8, 4) is 0 Å². The third kappa shape index (κ3) is 2.99. The van der Waals surface area contributed by atoms with Crippen molar-refractivity contribution < 1.29 is 9.59 Å². The van der Waals surface area contributed by atoms with Gasteiger partial charge in [0, 0.05) is 17.0 Å². The second-order valence-corrected chi connectivity index (χ2v) is 7.31. The van der Waals surface area contributed by atoms with Gasteiger partial charge in [-0.2, -0.15) is 0 Å².